The van der Waals surface area contributed by atoms with Crippen molar-refractivity contribution in [3.05, 3.63) is 178 Å². The molecule has 0 bridgehead atoms. The summed E-state index contributed by atoms with van der Waals surface area (Å²) < 4.78 is 16.2. The van der Waals surface area contributed by atoms with Gasteiger partial charge in [0.05, 0.1) is 40.6 Å². The van der Waals surface area contributed by atoms with E-state index in [0.717, 1.165) is 83.2 Å². The Morgan fingerprint density at radius 1 is 0.383 bits per heavy atom. The molecule has 21 nitrogen and oxygen atoms in total. The van der Waals surface area contributed by atoms with Gasteiger partial charge in [0.25, 0.3) is 0 Å². The van der Waals surface area contributed by atoms with Crippen molar-refractivity contribution in [2.75, 3.05) is 56.9 Å². The standard InChI is InChI=1S/C73H88N12O9/c1-43-58(55-31-28-52(92-4)37-64(55)77-43)40-67(86)83-61(13-7-10-34-74)71(89)80-49-22-16-46(17-23-49)70(47-18-24-50(25-19-47)81-72(90)62(14-8-11-35-75)84-68(87)41-59-44(2)78-65-38-53(93-5)29-32-56(59)65)48-20-26-51(27-21-48)82-73(91)63(15-9-12-36-76)85-69(88)42-60-45(3)79-66-39-54(94-6)30-33-57(60)66/h16-33,37-39,61-63,70,77-79H,7-15,34-36,40-42,74-76H2,1-6H3,(H,80,89)(H,81,90)(H,82,91)(H,83,86)(H,84,87)(H,85,88)/t61-,62-,63-/m1/s1. The Morgan fingerprint density at radius 3 is 0.894 bits per heavy atom. The number of unbranched alkanes of at least 4 members (excludes halogenated alkanes) is 3. The van der Waals surface area contributed by atoms with Crippen molar-refractivity contribution in [1.29, 1.82) is 0 Å². The number of aromatic nitrogens is 3. The number of hydrogen-bond acceptors (Lipinski definition) is 12. The fraction of sp³-hybridized carbons (Fsp3) is 0.342. The van der Waals surface area contributed by atoms with Crippen molar-refractivity contribution in [3.8, 4) is 17.2 Å². The lowest BCUT2D eigenvalue weighted by atomic mass is 9.85. The number of fused-ring (bicyclic) bond motifs is 3. The Hall–Kier alpha value is -9.96. The minimum atomic E-state index is -0.842. The zero-order chi connectivity index (χ0) is 66.8. The van der Waals surface area contributed by atoms with Crippen LogP contribution in [0.2, 0.25) is 0 Å². The Labute approximate surface area is 547 Å². The number of H-pyrrole nitrogens is 3. The first-order valence-electron chi connectivity index (χ1n) is 32.2. The molecular weight excluding hydrogens is 1190 g/mol. The summed E-state index contributed by atoms with van der Waals surface area (Å²) in [6.45, 7) is 7.07. The molecule has 0 saturated heterocycles. The zero-order valence-electron chi connectivity index (χ0n) is 54.4. The topological polar surface area (TPSA) is 328 Å². The lowest BCUT2D eigenvalue weighted by Gasteiger charge is -2.22. The largest absolute Gasteiger partial charge is 0.497 e. The molecule has 0 radical (unpaired) electrons. The third kappa shape index (κ3) is 17.4. The second-order valence-electron chi connectivity index (χ2n) is 23.9. The lowest BCUT2D eigenvalue weighted by molar-refractivity contribution is -0.126. The summed E-state index contributed by atoms with van der Waals surface area (Å²) in [6.07, 6.45) is 5.21. The molecule has 0 spiro atoms. The van der Waals surface area contributed by atoms with Crippen molar-refractivity contribution < 1.29 is 43.0 Å². The summed E-state index contributed by atoms with van der Waals surface area (Å²) in [5.74, 6) is -0.335. The first-order chi connectivity index (χ1) is 45.5. The number of aromatic amines is 3. The summed E-state index contributed by atoms with van der Waals surface area (Å²) in [5, 5.41) is 20.8. The lowest BCUT2D eigenvalue weighted by Crippen LogP contribution is -2.44. The van der Waals surface area contributed by atoms with Gasteiger partial charge >= 0.3 is 0 Å². The number of amides is 6. The predicted octanol–water partition coefficient (Wildman–Crippen LogP) is 9.65. The number of nitrogens with two attached hydrogens (primary N) is 3. The van der Waals surface area contributed by atoms with E-state index in [4.69, 9.17) is 31.4 Å². The molecule has 3 atom stereocenters. The molecular formula is C73H88N12O9. The monoisotopic (exact) mass is 1280 g/mol. The maximum Gasteiger partial charge on any atom is 0.246 e. The van der Waals surface area contributed by atoms with Crippen LogP contribution in [-0.4, -0.2) is 109 Å². The summed E-state index contributed by atoms with van der Waals surface area (Å²) in [5.41, 5.74) is 29.3. The van der Waals surface area contributed by atoms with Crippen molar-refractivity contribution in [2.24, 2.45) is 17.2 Å². The normalized spacial score (nSPS) is 12.3. The van der Waals surface area contributed by atoms with Gasteiger partial charge in [0.15, 0.2) is 0 Å². The molecule has 6 aromatic carbocycles. The Kier molecular flexibility index (Phi) is 23.7. The quantitative estimate of drug-likeness (QED) is 0.0135. The highest BCUT2D eigenvalue weighted by Gasteiger charge is 2.27. The van der Waals surface area contributed by atoms with E-state index in [2.05, 4.69) is 46.9 Å². The van der Waals surface area contributed by atoms with Gasteiger partial charge in [-0.3, -0.25) is 28.8 Å². The number of benzene rings is 6. The van der Waals surface area contributed by atoms with Crippen LogP contribution >= 0.6 is 0 Å². The molecule has 0 aliphatic heterocycles. The number of ether oxygens (including phenoxy) is 3. The first-order valence-corrected chi connectivity index (χ1v) is 32.2. The highest BCUT2D eigenvalue weighted by Crippen LogP contribution is 2.35. The van der Waals surface area contributed by atoms with E-state index in [1.165, 1.54) is 0 Å². The van der Waals surface area contributed by atoms with Crippen LogP contribution in [-0.2, 0) is 48.0 Å². The van der Waals surface area contributed by atoms with E-state index >= 15 is 0 Å². The number of anilines is 3. The molecule has 0 unspecified atom stereocenters. The zero-order valence-corrected chi connectivity index (χ0v) is 54.4. The Balaban J connectivity index is 0.939. The second-order valence-corrected chi connectivity index (χ2v) is 23.9. The van der Waals surface area contributed by atoms with Gasteiger partial charge in [-0.1, -0.05) is 36.4 Å². The van der Waals surface area contributed by atoms with Gasteiger partial charge < -0.3 is 78.3 Å². The van der Waals surface area contributed by atoms with Crippen molar-refractivity contribution in [1.82, 2.24) is 30.9 Å². The number of carbonyl (C=O) groups excluding carboxylic acids is 6. The van der Waals surface area contributed by atoms with E-state index in [-0.39, 0.29) is 54.7 Å². The highest BCUT2D eigenvalue weighted by atomic mass is 16.5. The van der Waals surface area contributed by atoms with Crippen LogP contribution in [0.5, 0.6) is 17.2 Å². The molecule has 9 rings (SSSR count). The summed E-state index contributed by atoms with van der Waals surface area (Å²) >= 11 is 0. The maximum atomic E-state index is 14.2. The van der Waals surface area contributed by atoms with Crippen LogP contribution in [0.3, 0.4) is 0 Å². The third-order valence-corrected chi connectivity index (χ3v) is 17.3. The van der Waals surface area contributed by atoms with Gasteiger partial charge in [0.2, 0.25) is 35.4 Å². The van der Waals surface area contributed by atoms with E-state index in [9.17, 15) is 28.8 Å². The molecule has 15 N–H and O–H groups in total. The van der Waals surface area contributed by atoms with Crippen LogP contribution < -0.4 is 63.3 Å². The maximum absolute atomic E-state index is 14.2. The molecule has 3 heterocycles. The van der Waals surface area contributed by atoms with Crippen molar-refractivity contribution in [3.63, 3.8) is 0 Å². The van der Waals surface area contributed by atoms with Gasteiger partial charge in [0.1, 0.15) is 35.4 Å². The second kappa shape index (κ2) is 32.5. The molecule has 9 aromatic rings. The van der Waals surface area contributed by atoms with Gasteiger partial charge in [-0.15, -0.1) is 0 Å². The number of aryl methyl sites for hydroxylation is 3. The molecule has 21 heteroatoms. The van der Waals surface area contributed by atoms with Gasteiger partial charge in [-0.05, 0) is 204 Å². The molecule has 0 aliphatic rings. The van der Waals surface area contributed by atoms with E-state index in [1.807, 2.05) is 148 Å². The molecule has 94 heavy (non-hydrogen) atoms. The fourth-order valence-corrected chi connectivity index (χ4v) is 12.2. The number of nitrogens with one attached hydrogen (secondary N) is 9. The average Bonchev–Trinajstić information content (AvgIpc) is 1.54. The molecule has 0 saturated carbocycles. The van der Waals surface area contributed by atoms with Crippen molar-refractivity contribution >= 4 is 85.2 Å². The molecule has 0 fully saturated rings. The number of hydrogen-bond donors (Lipinski definition) is 12. The first kappa shape index (κ1) is 68.4. The van der Waals surface area contributed by atoms with Crippen LogP contribution in [0.25, 0.3) is 32.7 Å². The molecule has 3 aromatic heterocycles. The minimum absolute atomic E-state index is 0.0610. The minimum Gasteiger partial charge on any atom is -0.497 e. The number of carbonyl (C=O) groups is 6. The summed E-state index contributed by atoms with van der Waals surface area (Å²) in [7, 11) is 4.81. The molecule has 6 amide bonds. The fourth-order valence-electron chi connectivity index (χ4n) is 12.2. The highest BCUT2D eigenvalue weighted by molar-refractivity contribution is 6.01. The molecule has 494 valence electrons. The van der Waals surface area contributed by atoms with Crippen molar-refractivity contribution in [2.45, 2.75) is 122 Å². The van der Waals surface area contributed by atoms with Crippen LogP contribution in [0.4, 0.5) is 17.1 Å². The van der Waals surface area contributed by atoms with E-state index in [0.29, 0.717) is 112 Å². The van der Waals surface area contributed by atoms with Gasteiger partial charge in [0, 0.05) is 91.0 Å². The van der Waals surface area contributed by atoms with Gasteiger partial charge in [-0.25, -0.2) is 0 Å². The number of methoxy groups -OCH3 is 3. The van der Waals surface area contributed by atoms with Crippen LogP contribution in [0.15, 0.2) is 127 Å². The van der Waals surface area contributed by atoms with E-state index < -0.39 is 24.0 Å². The predicted molar refractivity (Wildman–Crippen MR) is 371 cm³/mol. The van der Waals surface area contributed by atoms with Crippen LogP contribution in [0.1, 0.15) is 114 Å². The van der Waals surface area contributed by atoms with Crippen LogP contribution in [0, 0.1) is 20.8 Å². The molecule has 0 aliphatic carbocycles. The summed E-state index contributed by atoms with van der Waals surface area (Å²) in [6, 6.07) is 36.9. The number of rotatable bonds is 33. The Bertz CT molecular complexity index is 3680. The summed E-state index contributed by atoms with van der Waals surface area (Å²) in [4.78, 5) is 93.9. The van der Waals surface area contributed by atoms with Gasteiger partial charge in [-0.2, -0.15) is 0 Å². The average molecular weight is 1280 g/mol. The third-order valence-electron chi connectivity index (χ3n) is 17.3. The smallest absolute Gasteiger partial charge is 0.246 e. The Morgan fingerprint density at radius 2 is 0.649 bits per heavy atom. The SMILES string of the molecule is COc1ccc2c(CC(=O)N[C@H](CCCCN)C(=O)Nc3ccc(C(c4ccc(NC(=O)[C@@H](CCCCN)NC(=O)Cc5c(C)[nH]c6cc(OC)ccc56)cc4)c4ccc(NC(=O)[C@@H](CCCCN)NC(=O)Cc5c(C)[nH]c6cc(OC)ccc56)cc4)cc3)c(C)[nH]c2c1. The van der Waals surface area contributed by atoms with E-state index in [1.54, 1.807) is 21.3 Å².